The maximum atomic E-state index is 12.0. The molecule has 2 fully saturated rings. The first-order valence-corrected chi connectivity index (χ1v) is 6.67. The van der Waals surface area contributed by atoms with E-state index in [0.29, 0.717) is 12.3 Å². The van der Waals surface area contributed by atoms with Crippen molar-refractivity contribution in [2.45, 2.75) is 57.4 Å². The van der Waals surface area contributed by atoms with Gasteiger partial charge in [0.2, 0.25) is 11.8 Å². The minimum atomic E-state index is -1.07. The fourth-order valence-electron chi connectivity index (χ4n) is 2.98. The summed E-state index contributed by atoms with van der Waals surface area (Å²) < 4.78 is 0. The third-order valence-corrected chi connectivity index (χ3v) is 4.01. The standard InChI is InChI=1S/C13H19NO4/c15-11(7-5-9-3-1-2-4-9)14-10(13(17)18)6-8-12(14)16/h9-10H,1-8H2,(H,17,18)/t10-/m0/s1. The number of carbonyl (C=O) groups is 3. The predicted molar refractivity (Wildman–Crippen MR) is 63.7 cm³/mol. The molecule has 2 aliphatic rings. The molecule has 0 radical (unpaired) electrons. The van der Waals surface area contributed by atoms with E-state index in [1.54, 1.807) is 0 Å². The van der Waals surface area contributed by atoms with Crippen LogP contribution in [0.15, 0.2) is 0 Å². The van der Waals surface area contributed by atoms with Crippen LogP contribution in [0.5, 0.6) is 0 Å². The molecule has 0 bridgehead atoms. The van der Waals surface area contributed by atoms with Crippen molar-refractivity contribution < 1.29 is 19.5 Å². The van der Waals surface area contributed by atoms with E-state index in [0.717, 1.165) is 24.2 Å². The van der Waals surface area contributed by atoms with Crippen LogP contribution in [0, 0.1) is 5.92 Å². The maximum absolute atomic E-state index is 12.0. The lowest BCUT2D eigenvalue weighted by atomic mass is 10.0. The molecule has 1 saturated carbocycles. The Labute approximate surface area is 106 Å². The average molecular weight is 253 g/mol. The van der Waals surface area contributed by atoms with Crippen LogP contribution in [0.2, 0.25) is 0 Å². The summed E-state index contributed by atoms with van der Waals surface area (Å²) in [7, 11) is 0. The van der Waals surface area contributed by atoms with Crippen LogP contribution >= 0.6 is 0 Å². The Bertz CT molecular complexity index is 360. The number of imide groups is 1. The van der Waals surface area contributed by atoms with Gasteiger partial charge in [0, 0.05) is 12.8 Å². The van der Waals surface area contributed by atoms with Gasteiger partial charge in [-0.1, -0.05) is 25.7 Å². The molecule has 18 heavy (non-hydrogen) atoms. The summed E-state index contributed by atoms with van der Waals surface area (Å²) >= 11 is 0. The zero-order valence-corrected chi connectivity index (χ0v) is 10.4. The quantitative estimate of drug-likeness (QED) is 0.825. The Balaban J connectivity index is 1.89. The van der Waals surface area contributed by atoms with Gasteiger partial charge in [-0.25, -0.2) is 4.79 Å². The summed E-state index contributed by atoms with van der Waals surface area (Å²) in [6, 6.07) is -0.937. The second-order valence-corrected chi connectivity index (χ2v) is 5.24. The Morgan fingerprint density at radius 1 is 1.22 bits per heavy atom. The fourth-order valence-corrected chi connectivity index (χ4v) is 2.98. The van der Waals surface area contributed by atoms with Crippen LogP contribution in [-0.2, 0) is 14.4 Å². The zero-order chi connectivity index (χ0) is 13.1. The zero-order valence-electron chi connectivity index (χ0n) is 10.4. The van der Waals surface area contributed by atoms with Gasteiger partial charge in [0.1, 0.15) is 6.04 Å². The van der Waals surface area contributed by atoms with Gasteiger partial charge in [-0.3, -0.25) is 14.5 Å². The minimum absolute atomic E-state index is 0.173. The van der Waals surface area contributed by atoms with Crippen LogP contribution in [-0.4, -0.2) is 33.8 Å². The second kappa shape index (κ2) is 5.50. The maximum Gasteiger partial charge on any atom is 0.326 e. The van der Waals surface area contributed by atoms with Crippen molar-refractivity contribution in [2.75, 3.05) is 0 Å². The SMILES string of the molecule is O=C(O)[C@@H]1CCC(=O)N1C(=O)CCC1CCCC1. The van der Waals surface area contributed by atoms with E-state index >= 15 is 0 Å². The highest BCUT2D eigenvalue weighted by molar-refractivity contribution is 6.01. The van der Waals surface area contributed by atoms with Crippen molar-refractivity contribution in [3.8, 4) is 0 Å². The van der Waals surface area contributed by atoms with Crippen LogP contribution in [0.4, 0.5) is 0 Å². The number of carboxylic acid groups (broad SMARTS) is 1. The summed E-state index contributed by atoms with van der Waals surface area (Å²) in [4.78, 5) is 35.5. The Morgan fingerprint density at radius 3 is 2.50 bits per heavy atom. The van der Waals surface area contributed by atoms with Gasteiger partial charge in [0.15, 0.2) is 0 Å². The topological polar surface area (TPSA) is 74.7 Å². The molecule has 1 saturated heterocycles. The van der Waals surface area contributed by atoms with Crippen LogP contribution in [0.1, 0.15) is 51.4 Å². The van der Waals surface area contributed by atoms with E-state index in [2.05, 4.69) is 0 Å². The molecule has 100 valence electrons. The van der Waals surface area contributed by atoms with Crippen molar-refractivity contribution in [2.24, 2.45) is 5.92 Å². The molecular formula is C13H19NO4. The van der Waals surface area contributed by atoms with Gasteiger partial charge < -0.3 is 5.11 Å². The normalized spacial score (nSPS) is 24.8. The second-order valence-electron chi connectivity index (χ2n) is 5.24. The first kappa shape index (κ1) is 13.1. The van der Waals surface area contributed by atoms with E-state index in [1.807, 2.05) is 0 Å². The number of hydrogen-bond donors (Lipinski definition) is 1. The highest BCUT2D eigenvalue weighted by Gasteiger charge is 2.39. The molecule has 5 heteroatoms. The Morgan fingerprint density at radius 2 is 1.89 bits per heavy atom. The predicted octanol–water partition coefficient (Wildman–Crippen LogP) is 1.56. The van der Waals surface area contributed by atoms with Crippen molar-refractivity contribution in [3.63, 3.8) is 0 Å². The number of nitrogens with zero attached hydrogens (tertiary/aromatic N) is 1. The number of aliphatic carboxylic acids is 1. The van der Waals surface area contributed by atoms with Gasteiger partial charge in [0.25, 0.3) is 0 Å². The lowest BCUT2D eigenvalue weighted by Crippen LogP contribution is -2.42. The number of likely N-dealkylation sites (tertiary alicyclic amines) is 1. The smallest absolute Gasteiger partial charge is 0.326 e. The summed E-state index contributed by atoms with van der Waals surface area (Å²) in [5, 5.41) is 8.98. The van der Waals surface area contributed by atoms with E-state index in [-0.39, 0.29) is 24.7 Å². The average Bonchev–Trinajstić information content (AvgIpc) is 2.94. The van der Waals surface area contributed by atoms with Crippen LogP contribution in [0.3, 0.4) is 0 Å². The molecule has 2 rings (SSSR count). The molecule has 1 atom stereocenters. The Kier molecular flexibility index (Phi) is 3.99. The molecule has 0 unspecified atom stereocenters. The molecule has 0 aromatic heterocycles. The summed E-state index contributed by atoms with van der Waals surface area (Å²) in [5.74, 6) is -1.14. The highest BCUT2D eigenvalue weighted by Crippen LogP contribution is 2.29. The lowest BCUT2D eigenvalue weighted by Gasteiger charge is -2.20. The van der Waals surface area contributed by atoms with Crippen LogP contribution < -0.4 is 0 Å². The third-order valence-electron chi connectivity index (χ3n) is 4.01. The first-order chi connectivity index (χ1) is 8.59. The largest absolute Gasteiger partial charge is 0.480 e. The molecule has 0 spiro atoms. The highest BCUT2D eigenvalue weighted by atomic mass is 16.4. The number of carboxylic acids is 1. The summed E-state index contributed by atoms with van der Waals surface area (Å²) in [5.41, 5.74) is 0. The molecule has 0 aromatic rings. The summed E-state index contributed by atoms with van der Waals surface area (Å²) in [6.07, 6.45) is 6.27. The van der Waals surface area contributed by atoms with Crippen molar-refractivity contribution in [1.29, 1.82) is 0 Å². The van der Waals surface area contributed by atoms with E-state index in [4.69, 9.17) is 5.11 Å². The Hall–Kier alpha value is -1.39. The molecular weight excluding hydrogens is 234 g/mol. The van der Waals surface area contributed by atoms with Crippen molar-refractivity contribution in [3.05, 3.63) is 0 Å². The molecule has 1 aliphatic carbocycles. The lowest BCUT2D eigenvalue weighted by molar-refractivity contribution is -0.154. The van der Waals surface area contributed by atoms with Gasteiger partial charge in [-0.15, -0.1) is 0 Å². The van der Waals surface area contributed by atoms with Gasteiger partial charge in [-0.05, 0) is 18.8 Å². The first-order valence-electron chi connectivity index (χ1n) is 6.67. The van der Waals surface area contributed by atoms with E-state index < -0.39 is 12.0 Å². The molecule has 5 nitrogen and oxygen atoms in total. The van der Waals surface area contributed by atoms with Crippen molar-refractivity contribution >= 4 is 17.8 Å². The van der Waals surface area contributed by atoms with Crippen LogP contribution in [0.25, 0.3) is 0 Å². The molecule has 1 aliphatic heterocycles. The molecule has 2 amide bonds. The number of amides is 2. The monoisotopic (exact) mass is 253 g/mol. The van der Waals surface area contributed by atoms with Gasteiger partial charge in [0.05, 0.1) is 0 Å². The number of hydrogen-bond acceptors (Lipinski definition) is 3. The van der Waals surface area contributed by atoms with E-state index in [1.165, 1.54) is 12.8 Å². The number of rotatable bonds is 4. The molecule has 0 aromatic carbocycles. The number of carbonyl (C=O) groups excluding carboxylic acids is 2. The fraction of sp³-hybridized carbons (Fsp3) is 0.769. The van der Waals surface area contributed by atoms with Gasteiger partial charge >= 0.3 is 5.97 Å². The van der Waals surface area contributed by atoms with Gasteiger partial charge in [-0.2, -0.15) is 0 Å². The molecule has 1 N–H and O–H groups in total. The third kappa shape index (κ3) is 2.71. The van der Waals surface area contributed by atoms with Crippen molar-refractivity contribution in [1.82, 2.24) is 4.90 Å². The van der Waals surface area contributed by atoms with E-state index in [9.17, 15) is 14.4 Å². The molecule has 1 heterocycles. The minimum Gasteiger partial charge on any atom is -0.480 e. The summed E-state index contributed by atoms with van der Waals surface area (Å²) in [6.45, 7) is 0.